The third kappa shape index (κ3) is 7.90. The molecule has 1 amide bonds. The van der Waals surface area contributed by atoms with Crippen molar-refractivity contribution in [3.05, 3.63) is 89.0 Å². The summed E-state index contributed by atoms with van der Waals surface area (Å²) in [6.07, 6.45) is 2.53. The molecule has 2 aromatic rings. The highest BCUT2D eigenvalue weighted by Gasteiger charge is 2.33. The average molecular weight is 556 g/mol. The van der Waals surface area contributed by atoms with E-state index < -0.39 is 18.6 Å². The lowest BCUT2D eigenvalue weighted by Gasteiger charge is -2.34. The molecule has 2 unspecified atom stereocenters. The van der Waals surface area contributed by atoms with E-state index in [-0.39, 0.29) is 30.7 Å². The Bertz CT molecular complexity index is 1260. The van der Waals surface area contributed by atoms with E-state index in [0.29, 0.717) is 24.8 Å². The van der Waals surface area contributed by atoms with Crippen molar-refractivity contribution in [3.63, 3.8) is 0 Å². The Morgan fingerprint density at radius 2 is 1.90 bits per heavy atom. The van der Waals surface area contributed by atoms with Gasteiger partial charge >= 0.3 is 6.30 Å². The molecular weight excluding hydrogens is 519 g/mol. The van der Waals surface area contributed by atoms with Gasteiger partial charge in [-0.15, -0.1) is 0 Å². The minimum atomic E-state index is -4.44. The Balaban J connectivity index is 1.49. The van der Waals surface area contributed by atoms with E-state index >= 15 is 0 Å². The molecule has 0 bridgehead atoms. The molecule has 214 valence electrons. The number of fused-ring (bicyclic) bond motifs is 1. The number of hydrogen-bond acceptors (Lipinski definition) is 5. The molecule has 1 aliphatic heterocycles. The molecule has 0 aromatic heterocycles. The van der Waals surface area contributed by atoms with Gasteiger partial charge < -0.3 is 15.5 Å². The van der Waals surface area contributed by atoms with Crippen molar-refractivity contribution in [2.45, 2.75) is 75.9 Å². The number of alkyl halides is 3. The van der Waals surface area contributed by atoms with Gasteiger partial charge in [0.25, 0.3) is 5.91 Å². The maximum absolute atomic E-state index is 13.0. The predicted octanol–water partition coefficient (Wildman–Crippen LogP) is 6.02. The van der Waals surface area contributed by atoms with Crippen LogP contribution in [0.15, 0.2) is 77.3 Å². The van der Waals surface area contributed by atoms with Crippen LogP contribution in [0.4, 0.5) is 18.9 Å². The van der Waals surface area contributed by atoms with Crippen LogP contribution in [0.25, 0.3) is 0 Å². The fourth-order valence-electron chi connectivity index (χ4n) is 5.51. The molecule has 9 heteroatoms. The summed E-state index contributed by atoms with van der Waals surface area (Å²) in [5, 5.41) is 22.9. The lowest BCUT2D eigenvalue weighted by atomic mass is 9.73. The number of nitrogens with zero attached hydrogens (tertiary/aromatic N) is 1. The number of benzene rings is 2. The lowest BCUT2D eigenvalue weighted by molar-refractivity contribution is -0.161. The third-order valence-electron chi connectivity index (χ3n) is 7.44. The lowest BCUT2D eigenvalue weighted by Crippen LogP contribution is -2.40. The maximum atomic E-state index is 13.0. The zero-order valence-corrected chi connectivity index (χ0v) is 22.5. The molecular formula is C31H36F3N3O3. The number of aliphatic hydroxyl groups excluding tert-OH is 1. The fraction of sp³-hybridized carbons (Fsp3) is 0.419. The van der Waals surface area contributed by atoms with Crippen LogP contribution < -0.4 is 10.6 Å². The number of aliphatic imine (C=N–C) groups is 1. The van der Waals surface area contributed by atoms with Gasteiger partial charge in [-0.05, 0) is 73.3 Å². The molecule has 6 nitrogen and oxygen atoms in total. The maximum Gasteiger partial charge on any atom is 0.457 e. The van der Waals surface area contributed by atoms with Crippen molar-refractivity contribution in [2.75, 3.05) is 6.54 Å². The molecule has 1 aliphatic carbocycles. The number of hydrogen-bond donors (Lipinski definition) is 4. The highest BCUT2D eigenvalue weighted by Crippen LogP contribution is 2.46. The summed E-state index contributed by atoms with van der Waals surface area (Å²) in [6.45, 7) is 2.36. The molecule has 0 saturated heterocycles. The summed E-state index contributed by atoms with van der Waals surface area (Å²) in [7, 11) is 0. The van der Waals surface area contributed by atoms with E-state index in [1.54, 1.807) is 29.6 Å². The molecule has 4 N–H and O–H groups in total. The Morgan fingerprint density at radius 3 is 2.55 bits per heavy atom. The second-order valence-corrected chi connectivity index (χ2v) is 10.3. The quantitative estimate of drug-likeness (QED) is 0.155. The number of amides is 1. The first-order valence-corrected chi connectivity index (χ1v) is 13.8. The molecule has 0 saturated carbocycles. The van der Waals surface area contributed by atoms with E-state index in [1.165, 1.54) is 11.6 Å². The summed E-state index contributed by atoms with van der Waals surface area (Å²) >= 11 is 0. The van der Waals surface area contributed by atoms with Crippen LogP contribution in [0.5, 0.6) is 0 Å². The molecule has 1 heterocycles. The van der Waals surface area contributed by atoms with Crippen LogP contribution in [-0.2, 0) is 0 Å². The molecule has 2 aliphatic rings. The fourth-order valence-corrected chi connectivity index (χ4v) is 5.51. The third-order valence-corrected chi connectivity index (χ3v) is 7.44. The van der Waals surface area contributed by atoms with Crippen LogP contribution in [0.2, 0.25) is 0 Å². The highest BCUT2D eigenvalue weighted by molar-refractivity contribution is 5.99. The summed E-state index contributed by atoms with van der Waals surface area (Å²) < 4.78 is 37.6. The standard InChI is InChI=1S/C31H36F3N3O3/c1-2-24-25-17-14-22(30(40)35-19-20-12-15-23(16-13-20)37-31(32,33)34)18-27(25)36-26(10-6-7-11-28(38)39)29(24)21-8-4-3-5-9-21/h3-5,8-9,12-15,17-18,23-24,28-29,37-39H,2,6-7,10-11,16,19H2,1H3,(H,35,40)/t23?,24-,29?/m0/s1. The van der Waals surface area contributed by atoms with Gasteiger partial charge in [0, 0.05) is 29.8 Å². The van der Waals surface area contributed by atoms with Gasteiger partial charge in [0.15, 0.2) is 6.29 Å². The zero-order valence-electron chi connectivity index (χ0n) is 22.5. The number of carbonyl (C=O) groups excluding carboxylic acids is 1. The summed E-state index contributed by atoms with van der Waals surface area (Å²) in [5.41, 5.74) is 5.27. The summed E-state index contributed by atoms with van der Waals surface area (Å²) in [6, 6.07) is 15.0. The van der Waals surface area contributed by atoms with Crippen molar-refractivity contribution >= 4 is 17.3 Å². The molecule has 3 atom stereocenters. The van der Waals surface area contributed by atoms with Gasteiger partial charge in [0.05, 0.1) is 5.69 Å². The van der Waals surface area contributed by atoms with Gasteiger partial charge in [-0.1, -0.05) is 61.5 Å². The number of rotatable bonds is 11. The van der Waals surface area contributed by atoms with Gasteiger partial charge in [0.1, 0.15) is 0 Å². The molecule has 0 fully saturated rings. The first-order valence-electron chi connectivity index (χ1n) is 13.8. The first-order chi connectivity index (χ1) is 19.1. The highest BCUT2D eigenvalue weighted by atomic mass is 19.4. The number of carbonyl (C=O) groups is 1. The van der Waals surface area contributed by atoms with Crippen molar-refractivity contribution in [3.8, 4) is 0 Å². The smallest absolute Gasteiger partial charge is 0.368 e. The van der Waals surface area contributed by atoms with Crippen molar-refractivity contribution in [1.29, 1.82) is 0 Å². The largest absolute Gasteiger partial charge is 0.457 e. The second-order valence-electron chi connectivity index (χ2n) is 10.3. The van der Waals surface area contributed by atoms with Crippen LogP contribution in [0.1, 0.15) is 78.8 Å². The van der Waals surface area contributed by atoms with Gasteiger partial charge in [-0.2, -0.15) is 13.2 Å². The van der Waals surface area contributed by atoms with Crippen LogP contribution in [-0.4, -0.2) is 47.0 Å². The molecule has 4 rings (SSSR count). The molecule has 0 spiro atoms. The topological polar surface area (TPSA) is 94.0 Å². The first kappa shape index (κ1) is 29.7. The average Bonchev–Trinajstić information content (AvgIpc) is 2.93. The summed E-state index contributed by atoms with van der Waals surface area (Å²) in [4.78, 5) is 18.0. The van der Waals surface area contributed by atoms with Gasteiger partial charge in [-0.3, -0.25) is 9.79 Å². The van der Waals surface area contributed by atoms with Crippen LogP contribution in [0, 0.1) is 0 Å². The number of unbranched alkanes of at least 4 members (excludes halogenated alkanes) is 1. The van der Waals surface area contributed by atoms with Gasteiger partial charge in [-0.25, -0.2) is 5.32 Å². The SMILES string of the molecule is CC[C@H]1c2ccc(C(=O)NCC3=CCC(NC(F)(F)F)C=C3)cc2N=C(CCCCC(O)O)C1c1ccccc1. The second kappa shape index (κ2) is 13.4. The number of nitrogens with one attached hydrogen (secondary N) is 2. The van der Waals surface area contributed by atoms with E-state index in [0.717, 1.165) is 35.4 Å². The van der Waals surface area contributed by atoms with Gasteiger partial charge in [0.2, 0.25) is 0 Å². The molecule has 2 aromatic carbocycles. The number of halogens is 3. The summed E-state index contributed by atoms with van der Waals surface area (Å²) in [5.74, 6) is -0.00102. The van der Waals surface area contributed by atoms with E-state index in [9.17, 15) is 28.2 Å². The minimum absolute atomic E-state index is 0.0955. The Labute approximate surface area is 232 Å². The van der Waals surface area contributed by atoms with E-state index in [4.69, 9.17) is 4.99 Å². The van der Waals surface area contributed by atoms with Crippen LogP contribution >= 0.6 is 0 Å². The number of aliphatic hydroxyl groups is 2. The van der Waals surface area contributed by atoms with Crippen LogP contribution in [0.3, 0.4) is 0 Å². The van der Waals surface area contributed by atoms with Crippen molar-refractivity contribution in [2.24, 2.45) is 4.99 Å². The molecule has 40 heavy (non-hydrogen) atoms. The minimum Gasteiger partial charge on any atom is -0.368 e. The van der Waals surface area contributed by atoms with E-state index in [2.05, 4.69) is 24.4 Å². The monoisotopic (exact) mass is 555 g/mol. The Morgan fingerprint density at radius 1 is 1.12 bits per heavy atom. The Hall–Kier alpha value is -3.27. The Kier molecular flexibility index (Phi) is 9.95. The zero-order chi connectivity index (χ0) is 28.7. The normalized spacial score (nSPS) is 20.6. The molecule has 0 radical (unpaired) electrons. The van der Waals surface area contributed by atoms with E-state index in [1.807, 2.05) is 24.3 Å². The van der Waals surface area contributed by atoms with Crippen molar-refractivity contribution < 1.29 is 28.2 Å². The van der Waals surface area contributed by atoms with Crippen molar-refractivity contribution in [1.82, 2.24) is 10.6 Å². The predicted molar refractivity (Wildman–Crippen MR) is 150 cm³/mol.